The summed E-state index contributed by atoms with van der Waals surface area (Å²) in [6, 6.07) is -0.956. The smallest absolute Gasteiger partial charge is 0.408 e. The third kappa shape index (κ3) is 8.70. The maximum atomic E-state index is 14.2. The third-order valence-electron chi connectivity index (χ3n) is 11.2. The molecule has 4 rings (SSSR count). The van der Waals surface area contributed by atoms with Gasteiger partial charge in [0.05, 0.1) is 23.9 Å². The highest BCUT2D eigenvalue weighted by Crippen LogP contribution is 2.38. The Labute approximate surface area is 286 Å². The molecule has 48 heavy (non-hydrogen) atoms. The molecule has 13 heteroatoms. The van der Waals surface area contributed by atoms with Crippen molar-refractivity contribution in [1.82, 2.24) is 20.9 Å². The summed E-state index contributed by atoms with van der Waals surface area (Å²) < 4.78 is 31.1. The van der Waals surface area contributed by atoms with E-state index in [4.69, 9.17) is 23.7 Å². The SMILES string of the molecule is CC[C@H]1OC(=O)[C@H](C)C(=O)[C@H](C)[C@@H](O[C@@H]2OC(CNCC3CC3)CC(N(C)C)C2O)[C@](C)(OC)C[C@@H](C)CN[C@H](C)[C@H]2NC(=O)O[C@@]21C. The molecule has 0 radical (unpaired) electrons. The number of ketones is 1. The summed E-state index contributed by atoms with van der Waals surface area (Å²) in [7, 11) is 5.45. The predicted molar refractivity (Wildman–Crippen MR) is 179 cm³/mol. The van der Waals surface area contributed by atoms with Gasteiger partial charge in [-0.2, -0.15) is 0 Å². The molecule has 276 valence electrons. The fraction of sp³-hybridized carbons (Fsp3) is 0.914. The quantitative estimate of drug-likeness (QED) is 0.208. The van der Waals surface area contributed by atoms with Gasteiger partial charge in [0.15, 0.2) is 17.7 Å². The van der Waals surface area contributed by atoms with Crippen molar-refractivity contribution in [1.29, 1.82) is 0 Å². The third-order valence-corrected chi connectivity index (χ3v) is 11.2. The van der Waals surface area contributed by atoms with Gasteiger partial charge in [-0.1, -0.05) is 20.8 Å². The molecule has 0 aromatic rings. The van der Waals surface area contributed by atoms with Crippen LogP contribution in [-0.4, -0.2) is 129 Å². The van der Waals surface area contributed by atoms with Crippen molar-refractivity contribution in [3.63, 3.8) is 0 Å². The second kappa shape index (κ2) is 16.0. The van der Waals surface area contributed by atoms with E-state index in [0.29, 0.717) is 38.3 Å². The molecule has 13 atom stereocenters. The van der Waals surface area contributed by atoms with Gasteiger partial charge < -0.3 is 49.6 Å². The van der Waals surface area contributed by atoms with Gasteiger partial charge in [-0.05, 0) is 98.8 Å². The molecule has 13 nitrogen and oxygen atoms in total. The lowest BCUT2D eigenvalue weighted by Gasteiger charge is -2.47. The van der Waals surface area contributed by atoms with Crippen molar-refractivity contribution < 1.29 is 43.2 Å². The number of Topliss-reactive ketones (excluding diaryl/α,β-unsaturated/α-hetero) is 1. The number of nitrogens with one attached hydrogen (secondary N) is 3. The average molecular weight is 683 g/mol. The van der Waals surface area contributed by atoms with E-state index in [0.717, 1.165) is 6.54 Å². The van der Waals surface area contributed by atoms with Crippen molar-refractivity contribution in [2.45, 2.75) is 141 Å². The van der Waals surface area contributed by atoms with Crippen molar-refractivity contribution in [2.24, 2.45) is 23.7 Å². The molecule has 4 fully saturated rings. The van der Waals surface area contributed by atoms with E-state index >= 15 is 0 Å². The number of ether oxygens (including phenoxy) is 5. The van der Waals surface area contributed by atoms with Crippen molar-refractivity contribution in [3.05, 3.63) is 0 Å². The standard InChI is InChI=1S/C35H62N4O9/c1-11-26-35(7)29(38-33(43)48-35)22(5)37-16-19(2)15-34(6,44-10)30(20(3)27(40)21(4)31(42)46-26)47-32-28(41)25(39(8)9)14-24(45-32)18-36-17-23-12-13-23/h19-26,28-30,32,36-37,41H,11-18H2,1-10H3,(H,38,43)/t19-,20+,21-,22-,24?,25?,26-,28?,29-,30-,32+,34-,35-/m1/s1. The number of esters is 1. The number of amides is 1. The first-order valence-electron chi connectivity index (χ1n) is 17.9. The Morgan fingerprint density at radius 3 is 2.38 bits per heavy atom. The lowest BCUT2D eigenvalue weighted by atomic mass is 9.78. The summed E-state index contributed by atoms with van der Waals surface area (Å²) in [6.45, 7) is 15.0. The zero-order chi connectivity index (χ0) is 35.6. The number of nitrogens with zero attached hydrogens (tertiary/aromatic N) is 1. The molecule has 3 unspecified atom stereocenters. The number of carbonyl (C=O) groups is 3. The van der Waals surface area contributed by atoms with E-state index in [9.17, 15) is 19.5 Å². The molecule has 3 saturated heterocycles. The van der Waals surface area contributed by atoms with Gasteiger partial charge in [0.25, 0.3) is 0 Å². The Morgan fingerprint density at radius 2 is 1.77 bits per heavy atom. The molecule has 3 aliphatic heterocycles. The summed E-state index contributed by atoms with van der Waals surface area (Å²) in [4.78, 5) is 42.3. The van der Waals surface area contributed by atoms with Gasteiger partial charge in [0.1, 0.15) is 18.1 Å². The predicted octanol–water partition coefficient (Wildman–Crippen LogP) is 2.23. The highest BCUT2D eigenvalue weighted by atomic mass is 16.7. The number of hydrogen-bond acceptors (Lipinski definition) is 12. The summed E-state index contributed by atoms with van der Waals surface area (Å²) in [5.74, 6) is -2.31. The monoisotopic (exact) mass is 682 g/mol. The lowest BCUT2D eigenvalue weighted by Crippen LogP contribution is -2.60. The van der Waals surface area contributed by atoms with Crippen LogP contribution in [0.4, 0.5) is 4.79 Å². The van der Waals surface area contributed by atoms with E-state index in [2.05, 4.69) is 22.9 Å². The number of aliphatic hydroxyl groups is 1. The normalized spacial score (nSPS) is 43.5. The number of carbonyl (C=O) groups excluding carboxylic acids is 3. The van der Waals surface area contributed by atoms with Crippen molar-refractivity contribution >= 4 is 17.8 Å². The minimum atomic E-state index is -1.15. The largest absolute Gasteiger partial charge is 0.458 e. The molecule has 1 aliphatic carbocycles. The number of fused-ring (bicyclic) bond motifs is 1. The van der Waals surface area contributed by atoms with Crippen molar-refractivity contribution in [2.75, 3.05) is 40.8 Å². The fourth-order valence-electron chi connectivity index (χ4n) is 7.92. The van der Waals surface area contributed by atoms with Crippen LogP contribution in [0.15, 0.2) is 0 Å². The van der Waals surface area contributed by atoms with Crippen molar-refractivity contribution in [3.8, 4) is 0 Å². The first-order chi connectivity index (χ1) is 22.5. The molecule has 1 saturated carbocycles. The van der Waals surface area contributed by atoms with Gasteiger partial charge in [0.2, 0.25) is 0 Å². The van der Waals surface area contributed by atoms with Gasteiger partial charge >= 0.3 is 12.1 Å². The summed E-state index contributed by atoms with van der Waals surface area (Å²) in [5.41, 5.74) is -2.16. The van der Waals surface area contributed by atoms with Gasteiger partial charge in [-0.3, -0.25) is 9.59 Å². The van der Waals surface area contributed by atoms with E-state index < -0.39 is 65.7 Å². The average Bonchev–Trinajstić information content (AvgIpc) is 3.81. The van der Waals surface area contributed by atoms with E-state index in [1.165, 1.54) is 19.8 Å². The van der Waals surface area contributed by atoms with Gasteiger partial charge in [-0.25, -0.2) is 4.79 Å². The minimum absolute atomic E-state index is 0.0311. The Balaban J connectivity index is 1.65. The molecule has 4 aliphatic rings. The van der Waals surface area contributed by atoms with Crippen LogP contribution >= 0.6 is 0 Å². The van der Waals surface area contributed by atoms with Crippen LogP contribution < -0.4 is 16.0 Å². The van der Waals surface area contributed by atoms with E-state index in [1.54, 1.807) is 21.0 Å². The Hall–Kier alpha value is -1.87. The van der Waals surface area contributed by atoms with Crippen LogP contribution in [0.1, 0.15) is 80.6 Å². The van der Waals surface area contributed by atoms with Crippen LogP contribution in [0.3, 0.4) is 0 Å². The molecule has 3 heterocycles. The highest BCUT2D eigenvalue weighted by molar-refractivity contribution is 6.00. The second-order valence-electron chi connectivity index (χ2n) is 15.5. The van der Waals surface area contributed by atoms with E-state index in [1.807, 2.05) is 39.8 Å². The number of cyclic esters (lactones) is 1. The molecule has 4 N–H and O–H groups in total. The number of aliphatic hydroxyl groups excluding tert-OH is 1. The maximum absolute atomic E-state index is 14.2. The van der Waals surface area contributed by atoms with Crippen LogP contribution in [0.5, 0.6) is 0 Å². The van der Waals surface area contributed by atoms with E-state index in [-0.39, 0.29) is 29.9 Å². The lowest BCUT2D eigenvalue weighted by molar-refractivity contribution is -0.297. The first kappa shape index (κ1) is 38.9. The summed E-state index contributed by atoms with van der Waals surface area (Å²) >= 11 is 0. The zero-order valence-electron chi connectivity index (χ0n) is 30.7. The number of hydrogen-bond donors (Lipinski definition) is 4. The van der Waals surface area contributed by atoms with Crippen LogP contribution in [0.2, 0.25) is 0 Å². The Bertz CT molecular complexity index is 1120. The minimum Gasteiger partial charge on any atom is -0.458 e. The van der Waals surface area contributed by atoms with Crippen LogP contribution in [0, 0.1) is 23.7 Å². The first-order valence-corrected chi connectivity index (χ1v) is 17.9. The number of rotatable bonds is 9. The molecule has 1 amide bonds. The summed E-state index contributed by atoms with van der Waals surface area (Å²) in [6.07, 6.45) is -0.491. The molecule has 0 aromatic heterocycles. The molecule has 0 spiro atoms. The van der Waals surface area contributed by atoms with Crippen LogP contribution in [-0.2, 0) is 33.3 Å². The number of methoxy groups -OCH3 is 1. The Kier molecular flexibility index (Phi) is 13.0. The van der Waals surface area contributed by atoms with Gasteiger partial charge in [0, 0.05) is 31.7 Å². The van der Waals surface area contributed by atoms with Gasteiger partial charge in [-0.15, -0.1) is 0 Å². The zero-order valence-corrected chi connectivity index (χ0v) is 30.7. The van der Waals surface area contributed by atoms with Crippen LogP contribution in [0.25, 0.3) is 0 Å². The molecular weight excluding hydrogens is 620 g/mol. The fourth-order valence-corrected chi connectivity index (χ4v) is 7.92. The summed E-state index contributed by atoms with van der Waals surface area (Å²) in [5, 5.41) is 21.5. The number of alkyl carbamates (subject to hydrolysis) is 1. The molecule has 0 bridgehead atoms. The highest BCUT2D eigenvalue weighted by Gasteiger charge is 2.55. The maximum Gasteiger partial charge on any atom is 0.408 e. The molecular formula is C35H62N4O9. The number of likely N-dealkylation sites (N-methyl/N-ethyl adjacent to an activating group) is 1. The second-order valence-corrected chi connectivity index (χ2v) is 15.5. The topological polar surface area (TPSA) is 157 Å². The Morgan fingerprint density at radius 1 is 1.08 bits per heavy atom. The molecule has 0 aromatic carbocycles.